The van der Waals surface area contributed by atoms with E-state index in [0.717, 1.165) is 35.4 Å². The summed E-state index contributed by atoms with van der Waals surface area (Å²) in [5.41, 5.74) is 3.91. The van der Waals surface area contributed by atoms with Crippen molar-refractivity contribution in [3.63, 3.8) is 0 Å². The summed E-state index contributed by atoms with van der Waals surface area (Å²) in [6.45, 7) is 1.70. The van der Waals surface area contributed by atoms with Gasteiger partial charge in [-0.2, -0.15) is 0 Å². The molecule has 0 fully saturated rings. The Bertz CT molecular complexity index is 907. The lowest BCUT2D eigenvalue weighted by atomic mass is 10.1. The molecule has 0 aliphatic rings. The Balaban J connectivity index is 1.54. The summed E-state index contributed by atoms with van der Waals surface area (Å²) in [6, 6.07) is 15.5. The monoisotopic (exact) mass is 397 g/mol. The molecule has 3 rings (SSSR count). The zero-order valence-corrected chi connectivity index (χ0v) is 17.1. The maximum absolute atomic E-state index is 11.6. The van der Waals surface area contributed by atoms with Gasteiger partial charge in [-0.05, 0) is 36.4 Å². The second-order valence-electron chi connectivity index (χ2n) is 6.58. The molecule has 7 heteroatoms. The number of anilines is 2. The lowest BCUT2D eigenvalue weighted by molar-refractivity contribution is -0.908. The van der Waals surface area contributed by atoms with Gasteiger partial charge in [-0.1, -0.05) is 12.1 Å². The number of aromatic nitrogens is 1. The molecule has 0 saturated heterocycles. The first-order valence-electron chi connectivity index (χ1n) is 9.05. The van der Waals surface area contributed by atoms with Crippen LogP contribution in [-0.4, -0.2) is 32.1 Å². The summed E-state index contributed by atoms with van der Waals surface area (Å²) >= 11 is 1.60. The number of nitrogens with zero attached hydrogens (tertiary/aromatic N) is 1. The van der Waals surface area contributed by atoms with E-state index in [-0.39, 0.29) is 5.91 Å². The van der Waals surface area contributed by atoms with E-state index in [1.165, 1.54) is 10.5 Å². The van der Waals surface area contributed by atoms with Gasteiger partial charge in [0.2, 0.25) is 0 Å². The molecule has 0 radical (unpaired) electrons. The van der Waals surface area contributed by atoms with Crippen LogP contribution in [-0.2, 0) is 13.1 Å². The highest BCUT2D eigenvalue weighted by molar-refractivity contribution is 7.13. The number of thiazole rings is 1. The zero-order valence-electron chi connectivity index (χ0n) is 16.3. The van der Waals surface area contributed by atoms with E-state index in [4.69, 9.17) is 4.74 Å². The molecule has 1 amide bonds. The number of amides is 1. The van der Waals surface area contributed by atoms with Crippen LogP contribution >= 0.6 is 11.3 Å². The number of carbonyl (C=O) groups excluding carboxylic acids is 1. The average Bonchev–Trinajstić information content (AvgIpc) is 3.15. The predicted molar refractivity (Wildman–Crippen MR) is 113 cm³/mol. The molecule has 1 heterocycles. The first-order valence-corrected chi connectivity index (χ1v) is 9.93. The van der Waals surface area contributed by atoms with Gasteiger partial charge in [-0.15, -0.1) is 11.3 Å². The quantitative estimate of drug-likeness (QED) is 0.546. The molecule has 3 aromatic rings. The van der Waals surface area contributed by atoms with E-state index in [2.05, 4.69) is 28.0 Å². The Hall–Kier alpha value is -2.90. The van der Waals surface area contributed by atoms with Crippen molar-refractivity contribution >= 4 is 28.1 Å². The average molecular weight is 398 g/mol. The van der Waals surface area contributed by atoms with E-state index in [0.29, 0.717) is 5.56 Å². The summed E-state index contributed by atoms with van der Waals surface area (Å²) in [5, 5.41) is 8.93. The number of rotatable bonds is 8. The van der Waals surface area contributed by atoms with E-state index in [9.17, 15) is 4.79 Å². The van der Waals surface area contributed by atoms with Gasteiger partial charge in [0.25, 0.3) is 5.91 Å². The molecule has 1 unspecified atom stereocenters. The number of quaternary nitrogens is 1. The van der Waals surface area contributed by atoms with Crippen molar-refractivity contribution in [2.75, 3.05) is 26.5 Å². The second kappa shape index (κ2) is 9.34. The van der Waals surface area contributed by atoms with Gasteiger partial charge in [-0.25, -0.2) is 4.98 Å². The maximum atomic E-state index is 11.6. The normalized spacial score (nSPS) is 11.7. The summed E-state index contributed by atoms with van der Waals surface area (Å²) in [5.74, 6) is 0.769. The third kappa shape index (κ3) is 5.31. The SMILES string of the molecule is CNC(=O)c1ccc(C[NH+](C)Cc2csc(Nc3ccc(OC)cc3)n2)cc1. The third-order valence-electron chi connectivity index (χ3n) is 4.33. The Kier molecular flexibility index (Phi) is 6.62. The molecule has 28 heavy (non-hydrogen) atoms. The van der Waals surface area contributed by atoms with E-state index in [1.54, 1.807) is 25.5 Å². The van der Waals surface area contributed by atoms with Crippen molar-refractivity contribution in [2.45, 2.75) is 13.1 Å². The van der Waals surface area contributed by atoms with Gasteiger partial charge in [-0.3, -0.25) is 4.79 Å². The second-order valence-corrected chi connectivity index (χ2v) is 7.44. The maximum Gasteiger partial charge on any atom is 0.251 e. The molecule has 0 spiro atoms. The molecule has 1 aromatic heterocycles. The molecule has 146 valence electrons. The van der Waals surface area contributed by atoms with Crippen LogP contribution < -0.4 is 20.3 Å². The zero-order chi connectivity index (χ0) is 19.9. The molecule has 0 bridgehead atoms. The number of ether oxygens (including phenoxy) is 1. The molecular formula is C21H25N4O2S+. The van der Waals surface area contributed by atoms with Crippen LogP contribution in [0.5, 0.6) is 5.75 Å². The van der Waals surface area contributed by atoms with E-state index >= 15 is 0 Å². The number of hydrogen-bond acceptors (Lipinski definition) is 5. The molecule has 0 aliphatic heterocycles. The number of carbonyl (C=O) groups is 1. The summed E-state index contributed by atoms with van der Waals surface area (Å²) < 4.78 is 5.18. The topological polar surface area (TPSA) is 67.7 Å². The fourth-order valence-electron chi connectivity index (χ4n) is 2.88. The highest BCUT2D eigenvalue weighted by Gasteiger charge is 2.10. The fraction of sp³-hybridized carbons (Fsp3) is 0.238. The molecule has 1 atom stereocenters. The van der Waals surface area contributed by atoms with Crippen LogP contribution in [0.4, 0.5) is 10.8 Å². The standard InChI is InChI=1S/C21H24N4O2S/c1-22-20(26)16-6-4-15(5-7-16)12-25(2)13-18-14-28-21(24-18)23-17-8-10-19(27-3)11-9-17/h4-11,14H,12-13H2,1-3H3,(H,22,26)(H,23,24)/p+1. The minimum atomic E-state index is -0.0633. The highest BCUT2D eigenvalue weighted by Crippen LogP contribution is 2.22. The van der Waals surface area contributed by atoms with Crippen LogP contribution in [0.3, 0.4) is 0 Å². The molecule has 0 saturated carbocycles. The van der Waals surface area contributed by atoms with Crippen LogP contribution in [0.2, 0.25) is 0 Å². The summed E-state index contributed by atoms with van der Waals surface area (Å²) in [7, 11) is 5.44. The van der Waals surface area contributed by atoms with Crippen molar-refractivity contribution in [3.05, 3.63) is 70.7 Å². The lowest BCUT2D eigenvalue weighted by Gasteiger charge is -2.13. The predicted octanol–water partition coefficient (Wildman–Crippen LogP) is 2.47. The Morgan fingerprint density at radius 2 is 1.82 bits per heavy atom. The minimum absolute atomic E-state index is 0.0633. The molecular weight excluding hydrogens is 372 g/mol. The van der Waals surface area contributed by atoms with Crippen LogP contribution in [0, 0.1) is 0 Å². The summed E-state index contributed by atoms with van der Waals surface area (Å²) in [4.78, 5) is 17.6. The molecule has 2 aromatic carbocycles. The van der Waals surface area contributed by atoms with Crippen LogP contribution in [0.15, 0.2) is 53.9 Å². The first-order chi connectivity index (χ1) is 13.6. The van der Waals surface area contributed by atoms with Crippen molar-refractivity contribution in [3.8, 4) is 5.75 Å². The number of nitrogens with one attached hydrogen (secondary N) is 3. The Morgan fingerprint density at radius 1 is 1.11 bits per heavy atom. The smallest absolute Gasteiger partial charge is 0.251 e. The van der Waals surface area contributed by atoms with Gasteiger partial charge in [0, 0.05) is 29.2 Å². The highest BCUT2D eigenvalue weighted by atomic mass is 32.1. The molecule has 3 N–H and O–H groups in total. The molecule has 0 aliphatic carbocycles. The van der Waals surface area contributed by atoms with E-state index in [1.807, 2.05) is 48.5 Å². The van der Waals surface area contributed by atoms with Crippen molar-refractivity contribution in [1.29, 1.82) is 0 Å². The minimum Gasteiger partial charge on any atom is -0.497 e. The number of benzene rings is 2. The van der Waals surface area contributed by atoms with Crippen molar-refractivity contribution in [1.82, 2.24) is 10.3 Å². The van der Waals surface area contributed by atoms with Crippen molar-refractivity contribution in [2.24, 2.45) is 0 Å². The number of methoxy groups -OCH3 is 1. The third-order valence-corrected chi connectivity index (χ3v) is 5.13. The van der Waals surface area contributed by atoms with Gasteiger partial charge >= 0.3 is 0 Å². The van der Waals surface area contributed by atoms with Crippen LogP contribution in [0.25, 0.3) is 0 Å². The van der Waals surface area contributed by atoms with Crippen LogP contribution in [0.1, 0.15) is 21.6 Å². The van der Waals surface area contributed by atoms with Gasteiger partial charge in [0.1, 0.15) is 24.5 Å². The largest absolute Gasteiger partial charge is 0.497 e. The fourth-order valence-corrected chi connectivity index (χ4v) is 3.61. The summed E-state index contributed by atoms with van der Waals surface area (Å²) in [6.07, 6.45) is 0. The van der Waals surface area contributed by atoms with Gasteiger partial charge in [0.15, 0.2) is 5.13 Å². The molecule has 6 nitrogen and oxygen atoms in total. The van der Waals surface area contributed by atoms with Crippen molar-refractivity contribution < 1.29 is 14.4 Å². The van der Waals surface area contributed by atoms with E-state index < -0.39 is 0 Å². The lowest BCUT2D eigenvalue weighted by Crippen LogP contribution is -3.06. The van der Waals surface area contributed by atoms with Gasteiger partial charge in [0.05, 0.1) is 14.2 Å². The Morgan fingerprint density at radius 3 is 2.46 bits per heavy atom. The van der Waals surface area contributed by atoms with Gasteiger partial charge < -0.3 is 20.3 Å². The Labute approximate surface area is 169 Å². The number of hydrogen-bond donors (Lipinski definition) is 3. The first kappa shape index (κ1) is 19.9.